The molecular weight excluding hydrogens is 252 g/mol. The van der Waals surface area contributed by atoms with Crippen molar-refractivity contribution in [1.82, 2.24) is 0 Å². The molecule has 0 aromatic heterocycles. The van der Waals surface area contributed by atoms with Crippen LogP contribution in [0.1, 0.15) is 19.3 Å². The van der Waals surface area contributed by atoms with Crippen molar-refractivity contribution in [1.29, 1.82) is 0 Å². The van der Waals surface area contributed by atoms with Crippen molar-refractivity contribution in [2.24, 2.45) is 0 Å². The lowest BCUT2D eigenvalue weighted by Crippen LogP contribution is -2.08. The van der Waals surface area contributed by atoms with Crippen LogP contribution in [0.4, 0.5) is 0 Å². The highest BCUT2D eigenvalue weighted by atomic mass is 16.5. The first-order chi connectivity index (χ1) is 8.99. The molecule has 0 fully saturated rings. The Hall–Kier alpha value is -1.66. The molecule has 0 aliphatic heterocycles. The van der Waals surface area contributed by atoms with Crippen molar-refractivity contribution in [2.75, 3.05) is 14.2 Å². The molecule has 0 spiro atoms. The van der Waals surface area contributed by atoms with E-state index in [1.54, 1.807) is 0 Å². The van der Waals surface area contributed by atoms with Gasteiger partial charge in [0.25, 0.3) is 0 Å². The van der Waals surface area contributed by atoms with Crippen LogP contribution in [0.15, 0.2) is 24.3 Å². The number of carbonyl (C=O) groups is 2. The molecule has 2 N–H and O–H groups in total. The van der Waals surface area contributed by atoms with Gasteiger partial charge in [-0.2, -0.15) is 0 Å². The highest BCUT2D eigenvalue weighted by molar-refractivity contribution is 5.82. The second kappa shape index (κ2) is 10.3. The van der Waals surface area contributed by atoms with Gasteiger partial charge >= 0.3 is 11.9 Å². The number of aliphatic hydroxyl groups is 2. The average Bonchev–Trinajstić information content (AvgIpc) is 2.41. The Kier molecular flexibility index (Phi) is 9.38. The van der Waals surface area contributed by atoms with Crippen molar-refractivity contribution in [3.05, 3.63) is 24.3 Å². The van der Waals surface area contributed by atoms with Crippen molar-refractivity contribution < 1.29 is 29.3 Å². The van der Waals surface area contributed by atoms with Crippen LogP contribution in [0.5, 0.6) is 0 Å². The quantitative estimate of drug-likeness (QED) is 0.489. The van der Waals surface area contributed by atoms with Gasteiger partial charge < -0.3 is 19.7 Å². The number of carbonyl (C=O) groups excluding carboxylic acids is 2. The lowest BCUT2D eigenvalue weighted by molar-refractivity contribution is -0.135. The molecule has 0 rings (SSSR count). The summed E-state index contributed by atoms with van der Waals surface area (Å²) < 4.78 is 8.76. The Morgan fingerprint density at radius 3 is 1.63 bits per heavy atom. The van der Waals surface area contributed by atoms with E-state index in [4.69, 9.17) is 0 Å². The van der Waals surface area contributed by atoms with Crippen LogP contribution < -0.4 is 0 Å². The molecule has 0 aliphatic rings. The molecule has 6 heteroatoms. The van der Waals surface area contributed by atoms with E-state index in [2.05, 4.69) is 9.47 Å². The predicted molar refractivity (Wildman–Crippen MR) is 68.2 cm³/mol. The SMILES string of the molecule is COC(=O)/C=C/C(O)CCCC(O)/C=C/C(=O)OC. The standard InChI is InChI=1S/C13H20O6/c1-18-12(16)8-6-10(14)4-3-5-11(15)7-9-13(17)19-2/h6-11,14-15H,3-5H2,1-2H3/b8-6+,9-7+. The molecule has 0 saturated heterocycles. The predicted octanol–water partition coefficient (Wildman–Crippen LogP) is 0.337. The molecule has 0 amide bonds. The molecule has 0 radical (unpaired) electrons. The van der Waals surface area contributed by atoms with Crippen LogP contribution in [0.3, 0.4) is 0 Å². The third-order valence-electron chi connectivity index (χ3n) is 2.31. The molecule has 2 unspecified atom stereocenters. The summed E-state index contributed by atoms with van der Waals surface area (Å²) in [6.45, 7) is 0. The topological polar surface area (TPSA) is 93.1 Å². The molecule has 0 aromatic carbocycles. The first-order valence-corrected chi connectivity index (χ1v) is 5.88. The molecule has 108 valence electrons. The highest BCUT2D eigenvalue weighted by Gasteiger charge is 2.04. The van der Waals surface area contributed by atoms with Gasteiger partial charge in [0.15, 0.2) is 0 Å². The van der Waals surface area contributed by atoms with Crippen LogP contribution in [-0.2, 0) is 19.1 Å². The number of methoxy groups -OCH3 is 2. The third-order valence-corrected chi connectivity index (χ3v) is 2.31. The lowest BCUT2D eigenvalue weighted by atomic mass is 10.1. The summed E-state index contributed by atoms with van der Waals surface area (Å²) in [6.07, 6.45) is 4.78. The summed E-state index contributed by atoms with van der Waals surface area (Å²) in [4.78, 5) is 21.5. The maximum absolute atomic E-state index is 10.8. The molecule has 2 atom stereocenters. The van der Waals surface area contributed by atoms with Gasteiger partial charge in [-0.05, 0) is 31.4 Å². The van der Waals surface area contributed by atoms with E-state index >= 15 is 0 Å². The second-order valence-electron chi connectivity index (χ2n) is 3.83. The molecule has 0 bridgehead atoms. The number of hydrogen-bond acceptors (Lipinski definition) is 6. The minimum absolute atomic E-state index is 0.399. The molecule has 6 nitrogen and oxygen atoms in total. The second-order valence-corrected chi connectivity index (χ2v) is 3.83. The number of ether oxygens (including phenoxy) is 2. The zero-order valence-electron chi connectivity index (χ0n) is 11.1. The Balaban J connectivity index is 3.84. The number of aliphatic hydroxyl groups excluding tert-OH is 2. The van der Waals surface area contributed by atoms with E-state index < -0.39 is 24.1 Å². The monoisotopic (exact) mass is 272 g/mol. The minimum Gasteiger partial charge on any atom is -0.466 e. The van der Waals surface area contributed by atoms with Gasteiger partial charge in [0.1, 0.15) is 0 Å². The summed E-state index contributed by atoms with van der Waals surface area (Å²) in [6, 6.07) is 0. The minimum atomic E-state index is -0.768. The third kappa shape index (κ3) is 9.99. The van der Waals surface area contributed by atoms with Gasteiger partial charge in [0, 0.05) is 12.2 Å². The summed E-state index contributed by atoms with van der Waals surface area (Å²) in [5.74, 6) is -1.06. The van der Waals surface area contributed by atoms with Gasteiger partial charge in [-0.3, -0.25) is 0 Å². The zero-order valence-corrected chi connectivity index (χ0v) is 11.1. The smallest absolute Gasteiger partial charge is 0.330 e. The summed E-state index contributed by atoms with van der Waals surface area (Å²) in [7, 11) is 2.51. The van der Waals surface area contributed by atoms with Crippen LogP contribution in [-0.4, -0.2) is 48.6 Å². The summed E-state index contributed by atoms with van der Waals surface area (Å²) >= 11 is 0. The molecular formula is C13H20O6. The van der Waals surface area contributed by atoms with Crippen LogP contribution in [0.2, 0.25) is 0 Å². The summed E-state index contributed by atoms with van der Waals surface area (Å²) in [5.41, 5.74) is 0. The first-order valence-electron chi connectivity index (χ1n) is 5.88. The van der Waals surface area contributed by atoms with Gasteiger partial charge in [0.05, 0.1) is 26.4 Å². The Morgan fingerprint density at radius 1 is 0.947 bits per heavy atom. The van der Waals surface area contributed by atoms with Gasteiger partial charge in [-0.15, -0.1) is 0 Å². The van der Waals surface area contributed by atoms with Crippen molar-refractivity contribution in [2.45, 2.75) is 31.5 Å². The molecule has 0 aromatic rings. The van der Waals surface area contributed by atoms with Crippen LogP contribution in [0, 0.1) is 0 Å². The van der Waals surface area contributed by atoms with Crippen molar-refractivity contribution in [3.8, 4) is 0 Å². The Labute approximate surface area is 112 Å². The van der Waals surface area contributed by atoms with Crippen molar-refractivity contribution in [3.63, 3.8) is 0 Å². The van der Waals surface area contributed by atoms with E-state index in [0.717, 1.165) is 12.2 Å². The van der Waals surface area contributed by atoms with E-state index in [0.29, 0.717) is 19.3 Å². The van der Waals surface area contributed by atoms with E-state index in [9.17, 15) is 19.8 Å². The highest BCUT2D eigenvalue weighted by Crippen LogP contribution is 2.06. The Bertz CT molecular complexity index is 302. The fourth-order valence-corrected chi connectivity index (χ4v) is 1.24. The van der Waals surface area contributed by atoms with E-state index in [1.165, 1.54) is 26.4 Å². The number of rotatable bonds is 8. The lowest BCUT2D eigenvalue weighted by Gasteiger charge is -2.07. The fourth-order valence-electron chi connectivity index (χ4n) is 1.24. The van der Waals surface area contributed by atoms with Gasteiger partial charge in [-0.1, -0.05) is 0 Å². The largest absolute Gasteiger partial charge is 0.466 e. The normalized spacial score (nSPS) is 14.5. The fraction of sp³-hybridized carbons (Fsp3) is 0.538. The van der Waals surface area contributed by atoms with Gasteiger partial charge in [-0.25, -0.2) is 9.59 Å². The maximum atomic E-state index is 10.8. The van der Waals surface area contributed by atoms with Gasteiger partial charge in [0.2, 0.25) is 0 Å². The Morgan fingerprint density at radius 2 is 1.32 bits per heavy atom. The molecule has 0 aliphatic carbocycles. The molecule has 19 heavy (non-hydrogen) atoms. The first kappa shape index (κ1) is 17.3. The summed E-state index contributed by atoms with van der Waals surface area (Å²) in [5, 5.41) is 19.0. The number of hydrogen-bond donors (Lipinski definition) is 2. The molecule has 0 heterocycles. The number of esters is 2. The van der Waals surface area contributed by atoms with Crippen LogP contribution >= 0.6 is 0 Å². The average molecular weight is 272 g/mol. The van der Waals surface area contributed by atoms with E-state index in [-0.39, 0.29) is 0 Å². The van der Waals surface area contributed by atoms with Crippen LogP contribution in [0.25, 0.3) is 0 Å². The zero-order chi connectivity index (χ0) is 14.7. The van der Waals surface area contributed by atoms with Crippen molar-refractivity contribution >= 4 is 11.9 Å². The molecule has 0 saturated carbocycles. The maximum Gasteiger partial charge on any atom is 0.330 e. The van der Waals surface area contributed by atoms with E-state index in [1.807, 2.05) is 0 Å².